The third-order valence-corrected chi connectivity index (χ3v) is 7.35. The van der Waals surface area contributed by atoms with Gasteiger partial charge in [-0.1, -0.05) is 6.92 Å². The van der Waals surface area contributed by atoms with Crippen LogP contribution in [-0.2, 0) is 16.0 Å². The van der Waals surface area contributed by atoms with Gasteiger partial charge in [0, 0.05) is 62.3 Å². The quantitative estimate of drug-likeness (QED) is 0.633. The zero-order valence-electron chi connectivity index (χ0n) is 21.5. The number of nitrogens with one attached hydrogen (secondary N) is 1. The number of anilines is 3. The maximum atomic E-state index is 13.2. The van der Waals surface area contributed by atoms with Gasteiger partial charge in [-0.25, -0.2) is 0 Å². The molecular weight excluding hydrogens is 456 g/mol. The van der Waals surface area contributed by atoms with E-state index < -0.39 is 6.10 Å². The van der Waals surface area contributed by atoms with Crippen LogP contribution >= 0.6 is 0 Å². The molecule has 36 heavy (non-hydrogen) atoms. The summed E-state index contributed by atoms with van der Waals surface area (Å²) in [5.74, 6) is 1.56. The Labute approximate surface area is 214 Å². The first-order chi connectivity index (χ1) is 17.6. The number of rotatable bonds is 7. The molecule has 0 spiro atoms. The smallest absolute Gasteiger partial charge is 0.265 e. The summed E-state index contributed by atoms with van der Waals surface area (Å²) in [5.41, 5.74) is 4.08. The lowest BCUT2D eigenvalue weighted by atomic mass is 9.99. The molecule has 3 heterocycles. The molecule has 194 valence electrons. The first-order valence-electron chi connectivity index (χ1n) is 13.2. The predicted molar refractivity (Wildman–Crippen MR) is 143 cm³/mol. The van der Waals surface area contributed by atoms with Crippen molar-refractivity contribution in [2.75, 3.05) is 81.3 Å². The predicted octanol–water partition coefficient (Wildman–Crippen LogP) is 3.40. The number of carbonyl (C=O) groups excluding carboxylic acids is 1. The molecule has 2 aromatic carbocycles. The van der Waals surface area contributed by atoms with Crippen LogP contribution in [0.15, 0.2) is 36.4 Å². The van der Waals surface area contributed by atoms with Gasteiger partial charge in [0.05, 0.1) is 26.0 Å². The van der Waals surface area contributed by atoms with Crippen molar-refractivity contribution in [3.05, 3.63) is 42.0 Å². The van der Waals surface area contributed by atoms with E-state index in [-0.39, 0.29) is 5.91 Å². The Bertz CT molecular complexity index is 1030. The summed E-state index contributed by atoms with van der Waals surface area (Å²) in [5, 5.41) is 3.06. The van der Waals surface area contributed by atoms with Gasteiger partial charge in [0.15, 0.2) is 6.10 Å². The molecule has 1 N–H and O–H groups in total. The highest BCUT2D eigenvalue weighted by Crippen LogP contribution is 2.41. The monoisotopic (exact) mass is 494 g/mol. The molecular formula is C28H38N4O4. The molecule has 0 aliphatic carbocycles. The summed E-state index contributed by atoms with van der Waals surface area (Å²) < 4.78 is 17.4. The molecule has 1 atom stereocenters. The fourth-order valence-electron chi connectivity index (χ4n) is 5.32. The van der Waals surface area contributed by atoms with Crippen LogP contribution in [0.1, 0.15) is 25.3 Å². The van der Waals surface area contributed by atoms with E-state index in [4.69, 9.17) is 14.2 Å². The zero-order valence-corrected chi connectivity index (χ0v) is 21.5. The molecule has 0 bridgehead atoms. The van der Waals surface area contributed by atoms with Crippen molar-refractivity contribution in [3.63, 3.8) is 0 Å². The standard InChI is InChI=1S/C28H38N4O4/c1-3-10-30-11-13-32(14-12-30)25-20-24(34-2)19-21-4-9-26(36-27(21)25)28(33)29-22-5-7-23(8-6-22)31-15-17-35-18-16-31/h5-8,19-20,26H,3-4,9-18H2,1-2H3,(H,29,33). The van der Waals surface area contributed by atoms with Gasteiger partial charge in [-0.15, -0.1) is 0 Å². The molecule has 8 nitrogen and oxygen atoms in total. The van der Waals surface area contributed by atoms with Crippen LogP contribution in [0.2, 0.25) is 0 Å². The Morgan fingerprint density at radius 3 is 2.47 bits per heavy atom. The number of amides is 1. The van der Waals surface area contributed by atoms with Crippen LogP contribution in [0.5, 0.6) is 11.5 Å². The summed E-state index contributed by atoms with van der Waals surface area (Å²) >= 11 is 0. The van der Waals surface area contributed by atoms with Gasteiger partial charge < -0.3 is 29.3 Å². The Kier molecular flexibility index (Phi) is 7.82. The number of carbonyl (C=O) groups is 1. The average Bonchev–Trinajstić information content (AvgIpc) is 2.93. The van der Waals surface area contributed by atoms with Crippen molar-refractivity contribution < 1.29 is 19.0 Å². The highest BCUT2D eigenvalue weighted by molar-refractivity contribution is 5.95. The molecule has 2 saturated heterocycles. The number of ether oxygens (including phenoxy) is 3. The lowest BCUT2D eigenvalue weighted by Crippen LogP contribution is -2.47. The van der Waals surface area contributed by atoms with E-state index in [0.29, 0.717) is 6.42 Å². The second kappa shape index (κ2) is 11.4. The van der Waals surface area contributed by atoms with E-state index >= 15 is 0 Å². The van der Waals surface area contributed by atoms with Gasteiger partial charge in [-0.05, 0) is 56.1 Å². The molecule has 2 fully saturated rings. The highest BCUT2D eigenvalue weighted by Gasteiger charge is 2.31. The number of piperazine rings is 1. The van der Waals surface area contributed by atoms with E-state index in [9.17, 15) is 4.79 Å². The first-order valence-corrected chi connectivity index (χ1v) is 13.2. The highest BCUT2D eigenvalue weighted by atomic mass is 16.5. The van der Waals surface area contributed by atoms with Crippen molar-refractivity contribution in [1.82, 2.24) is 4.90 Å². The van der Waals surface area contributed by atoms with Crippen LogP contribution in [0.4, 0.5) is 17.1 Å². The summed E-state index contributed by atoms with van der Waals surface area (Å²) in [6.07, 6.45) is 2.07. The molecule has 0 saturated carbocycles. The van der Waals surface area contributed by atoms with Gasteiger partial charge in [0.25, 0.3) is 5.91 Å². The normalized spacial score (nSPS) is 20.4. The number of aryl methyl sites for hydroxylation is 1. The number of benzene rings is 2. The van der Waals surface area contributed by atoms with E-state index in [1.807, 2.05) is 18.2 Å². The number of hydrogen-bond acceptors (Lipinski definition) is 7. The maximum absolute atomic E-state index is 13.2. The minimum absolute atomic E-state index is 0.102. The molecule has 0 radical (unpaired) electrons. The fourth-order valence-corrected chi connectivity index (χ4v) is 5.32. The van der Waals surface area contributed by atoms with E-state index in [1.54, 1.807) is 7.11 Å². The number of fused-ring (bicyclic) bond motifs is 1. The molecule has 3 aliphatic heterocycles. The van der Waals surface area contributed by atoms with Crippen LogP contribution < -0.4 is 24.6 Å². The number of nitrogens with zero attached hydrogens (tertiary/aromatic N) is 3. The molecule has 2 aromatic rings. The van der Waals surface area contributed by atoms with Crippen LogP contribution in [0.25, 0.3) is 0 Å². The molecule has 1 amide bonds. The Morgan fingerprint density at radius 1 is 1.03 bits per heavy atom. The summed E-state index contributed by atoms with van der Waals surface area (Å²) in [7, 11) is 1.70. The largest absolute Gasteiger partial charge is 0.497 e. The average molecular weight is 495 g/mol. The van der Waals surface area contributed by atoms with E-state index in [1.165, 1.54) is 6.42 Å². The van der Waals surface area contributed by atoms with Crippen LogP contribution in [-0.4, -0.2) is 83.0 Å². The minimum Gasteiger partial charge on any atom is -0.497 e. The van der Waals surface area contributed by atoms with Gasteiger partial charge in [0.1, 0.15) is 11.5 Å². The fraction of sp³-hybridized carbons (Fsp3) is 0.536. The molecule has 8 heteroatoms. The third-order valence-electron chi connectivity index (χ3n) is 7.35. The van der Waals surface area contributed by atoms with Crippen LogP contribution in [0, 0.1) is 0 Å². The first kappa shape index (κ1) is 24.7. The molecule has 3 aliphatic rings. The summed E-state index contributed by atoms with van der Waals surface area (Å²) in [6, 6.07) is 12.1. The summed E-state index contributed by atoms with van der Waals surface area (Å²) in [4.78, 5) is 20.4. The SMILES string of the molecule is CCCN1CCN(c2cc(OC)cc3c2OC(C(=O)Nc2ccc(N4CCOCC4)cc2)CC3)CC1. The lowest BCUT2D eigenvalue weighted by Gasteiger charge is -2.38. The number of hydrogen-bond donors (Lipinski definition) is 1. The third kappa shape index (κ3) is 5.55. The molecule has 5 rings (SSSR count). The van der Waals surface area contributed by atoms with Crippen molar-refractivity contribution in [2.24, 2.45) is 0 Å². The van der Waals surface area contributed by atoms with Gasteiger partial charge in [-0.2, -0.15) is 0 Å². The minimum atomic E-state index is -0.523. The topological polar surface area (TPSA) is 66.5 Å². The number of morpholine rings is 1. The van der Waals surface area contributed by atoms with Gasteiger partial charge in [0.2, 0.25) is 0 Å². The zero-order chi connectivity index (χ0) is 24.9. The van der Waals surface area contributed by atoms with Crippen molar-refractivity contribution in [3.8, 4) is 11.5 Å². The Morgan fingerprint density at radius 2 is 1.78 bits per heavy atom. The number of methoxy groups -OCH3 is 1. The van der Waals surface area contributed by atoms with Gasteiger partial charge >= 0.3 is 0 Å². The van der Waals surface area contributed by atoms with Crippen LogP contribution in [0.3, 0.4) is 0 Å². The lowest BCUT2D eigenvalue weighted by molar-refractivity contribution is -0.123. The Balaban J connectivity index is 1.27. The van der Waals surface area contributed by atoms with E-state index in [0.717, 1.165) is 99.6 Å². The maximum Gasteiger partial charge on any atom is 0.265 e. The van der Waals surface area contributed by atoms with Crippen molar-refractivity contribution in [1.29, 1.82) is 0 Å². The summed E-state index contributed by atoms with van der Waals surface area (Å²) in [6.45, 7) is 10.6. The molecule has 0 aromatic heterocycles. The second-order valence-corrected chi connectivity index (χ2v) is 9.74. The van der Waals surface area contributed by atoms with Crippen molar-refractivity contribution in [2.45, 2.75) is 32.3 Å². The van der Waals surface area contributed by atoms with E-state index in [2.05, 4.69) is 45.1 Å². The van der Waals surface area contributed by atoms with Crippen molar-refractivity contribution >= 4 is 23.0 Å². The molecule has 1 unspecified atom stereocenters. The second-order valence-electron chi connectivity index (χ2n) is 9.74. The Hall–Kier alpha value is -2.97. The van der Waals surface area contributed by atoms with Gasteiger partial charge in [-0.3, -0.25) is 9.69 Å².